The number of aliphatic carboxylic acids is 1. The maximum atomic E-state index is 11.9. The summed E-state index contributed by atoms with van der Waals surface area (Å²) in [4.78, 5) is 28.2. The molecule has 0 saturated carbocycles. The van der Waals surface area contributed by atoms with Gasteiger partial charge in [-0.2, -0.15) is 0 Å². The Bertz CT molecular complexity index is 473. The van der Waals surface area contributed by atoms with E-state index < -0.39 is 12.0 Å². The Hall–Kier alpha value is -2.09. The van der Waals surface area contributed by atoms with Crippen LogP contribution in [0.15, 0.2) is 12.4 Å². The Morgan fingerprint density at radius 3 is 3.05 bits per heavy atom. The van der Waals surface area contributed by atoms with Crippen molar-refractivity contribution in [2.24, 2.45) is 5.73 Å². The van der Waals surface area contributed by atoms with E-state index in [1.54, 1.807) is 11.1 Å². The Balaban J connectivity index is 1.77. The minimum atomic E-state index is -1.06. The Morgan fingerprint density at radius 1 is 1.53 bits per heavy atom. The van der Waals surface area contributed by atoms with E-state index in [1.165, 1.54) is 0 Å². The van der Waals surface area contributed by atoms with Crippen LogP contribution in [0.3, 0.4) is 0 Å². The summed E-state index contributed by atoms with van der Waals surface area (Å²) in [5.41, 5.74) is 5.35. The number of imidazole rings is 1. The highest BCUT2D eigenvalue weighted by Gasteiger charge is 2.21. The zero-order valence-corrected chi connectivity index (χ0v) is 10.5. The quantitative estimate of drug-likeness (QED) is 0.661. The van der Waals surface area contributed by atoms with E-state index in [-0.39, 0.29) is 19.0 Å². The highest BCUT2D eigenvalue weighted by molar-refractivity contribution is 5.75. The Kier molecular flexibility index (Phi) is 4.00. The summed E-state index contributed by atoms with van der Waals surface area (Å²) in [6.45, 7) is 2.04. The number of rotatable bonds is 4. The molecule has 2 rings (SSSR count). The SMILES string of the molecule is N[C@@H](CCNC(=O)N1CCn2ccnc2C1)C(=O)O. The lowest BCUT2D eigenvalue weighted by molar-refractivity contribution is -0.138. The summed E-state index contributed by atoms with van der Waals surface area (Å²) in [7, 11) is 0. The summed E-state index contributed by atoms with van der Waals surface area (Å²) in [6.07, 6.45) is 3.81. The van der Waals surface area contributed by atoms with Crippen LogP contribution in [0, 0.1) is 0 Å². The zero-order valence-electron chi connectivity index (χ0n) is 10.5. The largest absolute Gasteiger partial charge is 0.480 e. The fourth-order valence-electron chi connectivity index (χ4n) is 1.92. The molecule has 1 atom stereocenters. The van der Waals surface area contributed by atoms with Crippen LogP contribution in [0.2, 0.25) is 0 Å². The van der Waals surface area contributed by atoms with Crippen molar-refractivity contribution < 1.29 is 14.7 Å². The van der Waals surface area contributed by atoms with Crippen LogP contribution in [0.4, 0.5) is 4.79 Å². The molecule has 0 bridgehead atoms. The molecule has 2 amide bonds. The molecule has 8 heteroatoms. The van der Waals surface area contributed by atoms with Crippen LogP contribution in [0.5, 0.6) is 0 Å². The van der Waals surface area contributed by atoms with Gasteiger partial charge in [-0.25, -0.2) is 9.78 Å². The van der Waals surface area contributed by atoms with E-state index in [9.17, 15) is 9.59 Å². The molecule has 2 heterocycles. The second-order valence-electron chi connectivity index (χ2n) is 4.42. The van der Waals surface area contributed by atoms with Gasteiger partial charge in [0.25, 0.3) is 0 Å². The number of fused-ring (bicyclic) bond motifs is 1. The molecule has 0 aromatic carbocycles. The third-order valence-corrected chi connectivity index (χ3v) is 3.08. The molecule has 4 N–H and O–H groups in total. The lowest BCUT2D eigenvalue weighted by Gasteiger charge is -2.27. The van der Waals surface area contributed by atoms with Crippen molar-refractivity contribution in [3.63, 3.8) is 0 Å². The smallest absolute Gasteiger partial charge is 0.320 e. The van der Waals surface area contributed by atoms with Gasteiger partial charge >= 0.3 is 12.0 Å². The van der Waals surface area contributed by atoms with Crippen LogP contribution in [0.1, 0.15) is 12.2 Å². The fourth-order valence-corrected chi connectivity index (χ4v) is 1.92. The van der Waals surface area contributed by atoms with E-state index in [1.807, 2.05) is 10.8 Å². The molecule has 19 heavy (non-hydrogen) atoms. The molecule has 104 valence electrons. The van der Waals surface area contributed by atoms with Crippen LogP contribution in [-0.2, 0) is 17.9 Å². The number of nitrogens with two attached hydrogens (primary N) is 1. The van der Waals surface area contributed by atoms with Gasteiger partial charge in [-0.1, -0.05) is 0 Å². The number of carboxylic acid groups (broad SMARTS) is 1. The van der Waals surface area contributed by atoms with Gasteiger partial charge in [0.05, 0.1) is 6.54 Å². The van der Waals surface area contributed by atoms with Crippen molar-refractivity contribution in [1.29, 1.82) is 0 Å². The number of urea groups is 1. The predicted octanol–water partition coefficient (Wildman–Crippen LogP) is -0.790. The third-order valence-electron chi connectivity index (χ3n) is 3.08. The summed E-state index contributed by atoms with van der Waals surface area (Å²) >= 11 is 0. The van der Waals surface area contributed by atoms with Gasteiger partial charge in [0.15, 0.2) is 0 Å². The summed E-state index contributed by atoms with van der Waals surface area (Å²) in [5, 5.41) is 11.3. The molecule has 1 aliphatic rings. The molecule has 0 fully saturated rings. The number of carbonyl (C=O) groups is 2. The average molecular weight is 267 g/mol. The Labute approximate surface area is 110 Å². The van der Waals surface area contributed by atoms with E-state index in [4.69, 9.17) is 10.8 Å². The van der Waals surface area contributed by atoms with Crippen molar-refractivity contribution in [2.75, 3.05) is 13.1 Å². The average Bonchev–Trinajstić information content (AvgIpc) is 2.85. The third kappa shape index (κ3) is 3.22. The van der Waals surface area contributed by atoms with Crippen LogP contribution < -0.4 is 11.1 Å². The first-order valence-corrected chi connectivity index (χ1v) is 6.09. The molecule has 1 aromatic rings. The van der Waals surface area contributed by atoms with E-state index >= 15 is 0 Å². The maximum absolute atomic E-state index is 11.9. The van der Waals surface area contributed by atoms with Crippen LogP contribution >= 0.6 is 0 Å². The topological polar surface area (TPSA) is 113 Å². The first-order valence-electron chi connectivity index (χ1n) is 6.09. The molecule has 0 unspecified atom stereocenters. The van der Waals surface area contributed by atoms with Gasteiger partial charge in [-0.3, -0.25) is 4.79 Å². The number of hydrogen-bond acceptors (Lipinski definition) is 4. The van der Waals surface area contributed by atoms with E-state index in [2.05, 4.69) is 10.3 Å². The molecule has 1 aliphatic heterocycles. The second-order valence-corrected chi connectivity index (χ2v) is 4.42. The van der Waals surface area contributed by atoms with Crippen molar-refractivity contribution in [1.82, 2.24) is 19.8 Å². The first kappa shape index (κ1) is 13.3. The van der Waals surface area contributed by atoms with E-state index in [0.29, 0.717) is 13.1 Å². The molecule has 0 radical (unpaired) electrons. The fraction of sp³-hybridized carbons (Fsp3) is 0.545. The zero-order chi connectivity index (χ0) is 13.8. The molecule has 8 nitrogen and oxygen atoms in total. The number of hydrogen-bond donors (Lipinski definition) is 3. The Morgan fingerprint density at radius 2 is 2.32 bits per heavy atom. The minimum Gasteiger partial charge on any atom is -0.480 e. The lowest BCUT2D eigenvalue weighted by atomic mass is 10.2. The highest BCUT2D eigenvalue weighted by Crippen LogP contribution is 2.09. The molecular weight excluding hydrogens is 250 g/mol. The number of nitrogens with one attached hydrogen (secondary N) is 1. The van der Waals surface area contributed by atoms with Crippen molar-refractivity contribution in [3.05, 3.63) is 18.2 Å². The second kappa shape index (κ2) is 5.70. The number of carboxylic acids is 1. The lowest BCUT2D eigenvalue weighted by Crippen LogP contribution is -2.45. The van der Waals surface area contributed by atoms with Gasteiger partial charge in [-0.15, -0.1) is 0 Å². The minimum absolute atomic E-state index is 0.212. The van der Waals surface area contributed by atoms with Gasteiger partial charge in [0.1, 0.15) is 11.9 Å². The standard InChI is InChI=1S/C11H17N5O3/c12-8(10(17)18)1-2-14-11(19)16-6-5-15-4-3-13-9(15)7-16/h3-4,8H,1-2,5-7,12H2,(H,14,19)(H,17,18)/t8-/m0/s1. The summed E-state index contributed by atoms with van der Waals surface area (Å²) < 4.78 is 2.00. The summed E-state index contributed by atoms with van der Waals surface area (Å²) in [5.74, 6) is -0.210. The summed E-state index contributed by atoms with van der Waals surface area (Å²) in [6, 6.07) is -1.16. The van der Waals surface area contributed by atoms with Crippen LogP contribution in [0.25, 0.3) is 0 Å². The van der Waals surface area contributed by atoms with E-state index in [0.717, 1.165) is 12.4 Å². The highest BCUT2D eigenvalue weighted by atomic mass is 16.4. The van der Waals surface area contributed by atoms with Crippen molar-refractivity contribution in [2.45, 2.75) is 25.6 Å². The van der Waals surface area contributed by atoms with Crippen molar-refractivity contribution >= 4 is 12.0 Å². The molecular formula is C11H17N5O3. The van der Waals surface area contributed by atoms with Gasteiger partial charge < -0.3 is 25.6 Å². The molecule has 0 aliphatic carbocycles. The number of amides is 2. The van der Waals surface area contributed by atoms with Gasteiger partial charge in [0.2, 0.25) is 0 Å². The number of aromatic nitrogens is 2. The molecule has 0 spiro atoms. The first-order chi connectivity index (χ1) is 9.08. The van der Waals surface area contributed by atoms with Gasteiger partial charge in [0, 0.05) is 32.0 Å². The normalized spacial score (nSPS) is 15.7. The monoisotopic (exact) mass is 267 g/mol. The molecule has 1 aromatic heterocycles. The van der Waals surface area contributed by atoms with Gasteiger partial charge in [-0.05, 0) is 6.42 Å². The van der Waals surface area contributed by atoms with Crippen LogP contribution in [-0.4, -0.2) is 50.7 Å². The number of nitrogens with zero attached hydrogens (tertiary/aromatic N) is 3. The predicted molar refractivity (Wildman–Crippen MR) is 66.3 cm³/mol. The van der Waals surface area contributed by atoms with Crippen molar-refractivity contribution in [3.8, 4) is 0 Å². The number of carbonyl (C=O) groups excluding carboxylic acids is 1. The maximum Gasteiger partial charge on any atom is 0.320 e. The molecule has 0 saturated heterocycles.